The van der Waals surface area contributed by atoms with E-state index >= 15 is 0 Å². The highest BCUT2D eigenvalue weighted by molar-refractivity contribution is 5.85. The monoisotopic (exact) mass is 267 g/mol. The fourth-order valence-corrected chi connectivity index (χ4v) is 1.76. The van der Waals surface area contributed by atoms with Gasteiger partial charge in [-0.05, 0) is 24.3 Å². The van der Waals surface area contributed by atoms with Crippen LogP contribution in [-0.2, 0) is 0 Å². The van der Waals surface area contributed by atoms with Crippen molar-refractivity contribution in [3.8, 4) is 11.6 Å². The Labute approximate surface area is 113 Å². The molecule has 1 aromatic carbocycles. The minimum atomic E-state index is -1.13. The number of benzene rings is 1. The Morgan fingerprint density at radius 1 is 1.05 bits per heavy atom. The van der Waals surface area contributed by atoms with Gasteiger partial charge >= 0.3 is 5.97 Å². The number of fused-ring (bicyclic) bond motifs is 1. The van der Waals surface area contributed by atoms with Crippen molar-refractivity contribution < 1.29 is 14.6 Å². The van der Waals surface area contributed by atoms with E-state index in [1.54, 1.807) is 12.3 Å². The van der Waals surface area contributed by atoms with Gasteiger partial charge < -0.3 is 9.84 Å². The summed E-state index contributed by atoms with van der Waals surface area (Å²) in [6, 6.07) is 9.19. The fraction of sp³-hybridized carbons (Fsp3) is 0. The van der Waals surface area contributed by atoms with Gasteiger partial charge in [0.25, 0.3) is 0 Å². The summed E-state index contributed by atoms with van der Waals surface area (Å²) < 4.78 is 5.62. The molecule has 0 amide bonds. The summed E-state index contributed by atoms with van der Waals surface area (Å²) in [7, 11) is 0. The number of hydrogen-bond acceptors (Lipinski definition) is 5. The first kappa shape index (κ1) is 12.0. The van der Waals surface area contributed by atoms with Crippen molar-refractivity contribution in [3.05, 3.63) is 54.6 Å². The highest BCUT2D eigenvalue weighted by Crippen LogP contribution is 2.27. The number of ether oxygens (including phenoxy) is 1. The van der Waals surface area contributed by atoms with E-state index in [0.29, 0.717) is 5.75 Å². The number of aromatic nitrogens is 3. The number of carboxylic acids is 1. The quantitative estimate of drug-likeness (QED) is 0.784. The zero-order valence-corrected chi connectivity index (χ0v) is 10.2. The number of carbonyl (C=O) groups is 1. The minimum Gasteiger partial charge on any atom is -0.476 e. The maximum atomic E-state index is 10.7. The van der Waals surface area contributed by atoms with E-state index in [1.165, 1.54) is 6.20 Å². The molecule has 3 rings (SSSR count). The predicted octanol–water partition coefficient (Wildman–Crippen LogP) is 2.52. The zero-order valence-electron chi connectivity index (χ0n) is 10.2. The molecule has 0 fully saturated rings. The third-order valence-electron chi connectivity index (χ3n) is 2.67. The SMILES string of the molecule is O=C(O)c1cnc(Oc2cccc3ncccc23)cn1. The summed E-state index contributed by atoms with van der Waals surface area (Å²) in [6.07, 6.45) is 4.13. The molecule has 0 saturated heterocycles. The van der Waals surface area contributed by atoms with Gasteiger partial charge in [0.1, 0.15) is 5.75 Å². The molecule has 0 atom stereocenters. The van der Waals surface area contributed by atoms with E-state index in [2.05, 4.69) is 15.0 Å². The molecule has 0 aliphatic heterocycles. The standard InChI is InChI=1S/C14H9N3O3/c18-14(19)11-7-17-13(8-16-11)20-12-5-1-4-10-9(12)3-2-6-15-10/h1-8H,(H,18,19). The van der Waals surface area contributed by atoms with Crippen molar-refractivity contribution in [2.24, 2.45) is 0 Å². The molecule has 0 saturated carbocycles. The van der Waals surface area contributed by atoms with E-state index < -0.39 is 5.97 Å². The Morgan fingerprint density at radius 2 is 1.95 bits per heavy atom. The number of rotatable bonds is 3. The molecule has 98 valence electrons. The Bertz CT molecular complexity index is 767. The van der Waals surface area contributed by atoms with Gasteiger partial charge in [0, 0.05) is 11.6 Å². The normalized spacial score (nSPS) is 10.4. The van der Waals surface area contributed by atoms with Crippen LogP contribution in [0.15, 0.2) is 48.9 Å². The third kappa shape index (κ3) is 2.26. The lowest BCUT2D eigenvalue weighted by molar-refractivity contribution is 0.0690. The molecular weight excluding hydrogens is 258 g/mol. The topological polar surface area (TPSA) is 85.2 Å². The second-order valence-electron chi connectivity index (χ2n) is 3.97. The zero-order chi connectivity index (χ0) is 13.9. The van der Waals surface area contributed by atoms with Gasteiger partial charge in [-0.1, -0.05) is 6.07 Å². The van der Waals surface area contributed by atoms with Gasteiger partial charge in [-0.3, -0.25) is 4.98 Å². The molecule has 2 heterocycles. The number of aromatic carboxylic acids is 1. The largest absolute Gasteiger partial charge is 0.476 e. The Balaban J connectivity index is 1.95. The summed E-state index contributed by atoms with van der Waals surface area (Å²) >= 11 is 0. The first-order valence-corrected chi connectivity index (χ1v) is 5.81. The Hall–Kier alpha value is -3.02. The molecule has 2 aromatic heterocycles. The molecule has 6 heteroatoms. The molecule has 20 heavy (non-hydrogen) atoms. The van der Waals surface area contributed by atoms with Crippen molar-refractivity contribution in [2.45, 2.75) is 0 Å². The van der Waals surface area contributed by atoms with Gasteiger partial charge in [0.2, 0.25) is 5.88 Å². The highest BCUT2D eigenvalue weighted by atomic mass is 16.5. The molecule has 0 aliphatic rings. The minimum absolute atomic E-state index is 0.128. The van der Waals surface area contributed by atoms with E-state index in [-0.39, 0.29) is 11.6 Å². The van der Waals surface area contributed by atoms with Crippen molar-refractivity contribution in [1.29, 1.82) is 0 Å². The van der Waals surface area contributed by atoms with Crippen LogP contribution in [0.3, 0.4) is 0 Å². The number of pyridine rings is 1. The average molecular weight is 267 g/mol. The first-order chi connectivity index (χ1) is 9.74. The lowest BCUT2D eigenvalue weighted by atomic mass is 10.2. The number of carboxylic acid groups (broad SMARTS) is 1. The summed E-state index contributed by atoms with van der Waals surface area (Å²) in [6.45, 7) is 0. The summed E-state index contributed by atoms with van der Waals surface area (Å²) in [5.74, 6) is -0.308. The molecule has 0 bridgehead atoms. The van der Waals surface area contributed by atoms with Crippen LogP contribution in [0.2, 0.25) is 0 Å². The van der Waals surface area contributed by atoms with Crippen molar-refractivity contribution in [1.82, 2.24) is 15.0 Å². The van der Waals surface area contributed by atoms with Crippen LogP contribution in [0.1, 0.15) is 10.5 Å². The second kappa shape index (κ2) is 4.93. The molecule has 1 N–H and O–H groups in total. The van der Waals surface area contributed by atoms with Gasteiger partial charge in [-0.2, -0.15) is 0 Å². The predicted molar refractivity (Wildman–Crippen MR) is 70.8 cm³/mol. The van der Waals surface area contributed by atoms with E-state index in [1.807, 2.05) is 24.3 Å². The first-order valence-electron chi connectivity index (χ1n) is 5.81. The average Bonchev–Trinajstić information content (AvgIpc) is 2.48. The molecule has 0 radical (unpaired) electrons. The fourth-order valence-electron chi connectivity index (χ4n) is 1.76. The van der Waals surface area contributed by atoms with Crippen LogP contribution in [0.5, 0.6) is 11.6 Å². The van der Waals surface area contributed by atoms with Crippen LogP contribution in [-0.4, -0.2) is 26.0 Å². The van der Waals surface area contributed by atoms with E-state index in [4.69, 9.17) is 9.84 Å². The summed E-state index contributed by atoms with van der Waals surface area (Å²) in [5, 5.41) is 9.60. The lowest BCUT2D eigenvalue weighted by Crippen LogP contribution is -2.01. The van der Waals surface area contributed by atoms with Gasteiger partial charge in [-0.15, -0.1) is 0 Å². The Morgan fingerprint density at radius 3 is 2.70 bits per heavy atom. The molecule has 0 aliphatic carbocycles. The van der Waals surface area contributed by atoms with Crippen LogP contribution in [0.25, 0.3) is 10.9 Å². The van der Waals surface area contributed by atoms with Crippen LogP contribution >= 0.6 is 0 Å². The Kier molecular flexibility index (Phi) is 2.96. The van der Waals surface area contributed by atoms with E-state index in [9.17, 15) is 4.79 Å². The van der Waals surface area contributed by atoms with Gasteiger partial charge in [-0.25, -0.2) is 14.8 Å². The van der Waals surface area contributed by atoms with Gasteiger partial charge in [0.05, 0.1) is 17.9 Å². The molecule has 0 spiro atoms. The van der Waals surface area contributed by atoms with Crippen LogP contribution in [0, 0.1) is 0 Å². The smallest absolute Gasteiger partial charge is 0.356 e. The number of nitrogens with zero attached hydrogens (tertiary/aromatic N) is 3. The molecule has 6 nitrogen and oxygen atoms in total. The maximum absolute atomic E-state index is 10.7. The summed E-state index contributed by atoms with van der Waals surface area (Å²) in [5.41, 5.74) is 0.678. The van der Waals surface area contributed by atoms with Crippen LogP contribution < -0.4 is 4.74 Å². The molecule has 3 aromatic rings. The van der Waals surface area contributed by atoms with Gasteiger partial charge in [0.15, 0.2) is 5.69 Å². The van der Waals surface area contributed by atoms with Crippen molar-refractivity contribution >= 4 is 16.9 Å². The van der Waals surface area contributed by atoms with E-state index in [0.717, 1.165) is 17.1 Å². The third-order valence-corrected chi connectivity index (χ3v) is 2.67. The maximum Gasteiger partial charge on any atom is 0.356 e. The molecule has 0 unspecified atom stereocenters. The lowest BCUT2D eigenvalue weighted by Gasteiger charge is -2.07. The van der Waals surface area contributed by atoms with Crippen molar-refractivity contribution in [3.63, 3.8) is 0 Å². The highest BCUT2D eigenvalue weighted by Gasteiger charge is 2.08. The van der Waals surface area contributed by atoms with Crippen molar-refractivity contribution in [2.75, 3.05) is 0 Å². The molecular formula is C14H9N3O3. The summed E-state index contributed by atoms with van der Waals surface area (Å²) in [4.78, 5) is 22.6. The second-order valence-corrected chi connectivity index (χ2v) is 3.97. The number of hydrogen-bond donors (Lipinski definition) is 1. The van der Waals surface area contributed by atoms with Crippen LogP contribution in [0.4, 0.5) is 0 Å².